The molecule has 0 aliphatic rings. The maximum absolute atomic E-state index is 7.57. The third-order valence-corrected chi connectivity index (χ3v) is 0. The average Bonchev–Trinajstić information content (AvgIpc) is 0.918. The van der Waals surface area contributed by atoms with Gasteiger partial charge in [-0.25, -0.2) is 0 Å². The van der Waals surface area contributed by atoms with Crippen molar-refractivity contribution < 1.29 is 5.11 Å². The van der Waals surface area contributed by atoms with E-state index in [9.17, 15) is 0 Å². The SMILES string of the molecule is CCO.[AlH3].[LiH]. The Labute approximate surface area is 55.1 Å². The predicted octanol–water partition coefficient (Wildman–Crippen LogP) is -1.83. The van der Waals surface area contributed by atoms with Crippen LogP contribution in [0.15, 0.2) is 0 Å². The molecule has 3 heteroatoms. The van der Waals surface area contributed by atoms with Gasteiger partial charge >= 0.3 is 18.9 Å². The minimum atomic E-state index is 0. The van der Waals surface area contributed by atoms with Crippen molar-refractivity contribution in [2.24, 2.45) is 0 Å². The number of rotatable bonds is 0. The van der Waals surface area contributed by atoms with E-state index in [0.717, 1.165) is 0 Å². The van der Waals surface area contributed by atoms with Gasteiger partial charge in [0.1, 0.15) is 0 Å². The number of aliphatic hydroxyl groups excluding tert-OH is 1. The quantitative estimate of drug-likeness (QED) is 0.342. The van der Waals surface area contributed by atoms with Gasteiger partial charge in [0.05, 0.1) is 0 Å². The summed E-state index contributed by atoms with van der Waals surface area (Å²) in [7, 11) is 0. The molecule has 0 atom stereocenters. The predicted molar refractivity (Wildman–Crippen MR) is 29.8 cm³/mol. The van der Waals surface area contributed by atoms with Crippen LogP contribution in [0.4, 0.5) is 0 Å². The van der Waals surface area contributed by atoms with Gasteiger partial charge < -0.3 is 5.11 Å². The van der Waals surface area contributed by atoms with Crippen molar-refractivity contribution in [1.29, 1.82) is 0 Å². The molecule has 0 rings (SSSR count). The van der Waals surface area contributed by atoms with Crippen molar-refractivity contribution in [3.8, 4) is 0 Å². The summed E-state index contributed by atoms with van der Waals surface area (Å²) >= 11 is 0. The molecule has 0 saturated carbocycles. The third kappa shape index (κ3) is 40.9. The van der Waals surface area contributed by atoms with Crippen LogP contribution in [0.3, 0.4) is 0 Å². The van der Waals surface area contributed by atoms with Crippen molar-refractivity contribution >= 4 is 36.2 Å². The van der Waals surface area contributed by atoms with E-state index in [1.807, 2.05) is 0 Å². The fourth-order valence-corrected chi connectivity index (χ4v) is 0. The summed E-state index contributed by atoms with van der Waals surface area (Å²) in [6.07, 6.45) is 0. The second-order valence-corrected chi connectivity index (χ2v) is 0.316. The summed E-state index contributed by atoms with van der Waals surface area (Å²) in [5, 5.41) is 7.57. The fourth-order valence-electron chi connectivity index (χ4n) is 0. The molecule has 0 aromatic carbocycles. The van der Waals surface area contributed by atoms with Gasteiger partial charge in [0.15, 0.2) is 17.4 Å². The molecule has 1 N–H and O–H groups in total. The summed E-state index contributed by atoms with van der Waals surface area (Å²) < 4.78 is 0. The molecular weight excluding hydrogens is 73.9 g/mol. The van der Waals surface area contributed by atoms with Gasteiger partial charge in [-0.1, -0.05) is 0 Å². The van der Waals surface area contributed by atoms with Gasteiger partial charge in [0.25, 0.3) is 0 Å². The van der Waals surface area contributed by atoms with Crippen LogP contribution >= 0.6 is 0 Å². The van der Waals surface area contributed by atoms with E-state index in [-0.39, 0.29) is 42.8 Å². The Kier molecular flexibility index (Phi) is 64.4. The Morgan fingerprint density at radius 1 is 1.60 bits per heavy atom. The van der Waals surface area contributed by atoms with Crippen LogP contribution in [0, 0.1) is 0 Å². The molecule has 28 valence electrons. The molecule has 0 aromatic rings. The van der Waals surface area contributed by atoms with E-state index in [1.165, 1.54) is 0 Å². The third-order valence-electron chi connectivity index (χ3n) is 0. The number of hydrogen-bond acceptors (Lipinski definition) is 1. The van der Waals surface area contributed by atoms with Crippen LogP contribution in [0.25, 0.3) is 0 Å². The molecule has 0 spiro atoms. The maximum atomic E-state index is 7.57. The summed E-state index contributed by atoms with van der Waals surface area (Å²) in [5.74, 6) is 0. The van der Waals surface area contributed by atoms with Gasteiger partial charge in [0, 0.05) is 6.61 Å². The Morgan fingerprint density at radius 3 is 1.60 bits per heavy atom. The van der Waals surface area contributed by atoms with Crippen molar-refractivity contribution in [3.63, 3.8) is 0 Å². The minimum absolute atomic E-state index is 0. The van der Waals surface area contributed by atoms with Gasteiger partial charge in [-0.15, -0.1) is 0 Å². The summed E-state index contributed by atoms with van der Waals surface area (Å²) in [4.78, 5) is 0. The topological polar surface area (TPSA) is 20.2 Å². The first-order valence-corrected chi connectivity index (χ1v) is 1.02. The molecule has 1 nitrogen and oxygen atoms in total. The first-order chi connectivity index (χ1) is 1.41. The Morgan fingerprint density at radius 2 is 1.60 bits per heavy atom. The molecule has 0 heterocycles. The molecule has 0 aliphatic heterocycles. The zero-order valence-electron chi connectivity index (χ0n) is 2.15. The summed E-state index contributed by atoms with van der Waals surface area (Å²) in [6, 6.07) is 0. The number of hydrogen-bond donors (Lipinski definition) is 1. The van der Waals surface area contributed by atoms with Gasteiger partial charge in [0.2, 0.25) is 0 Å². The normalized spacial score (nSPS) is 3.60. The molecule has 0 aromatic heterocycles. The van der Waals surface area contributed by atoms with Crippen molar-refractivity contribution in [3.05, 3.63) is 0 Å². The average molecular weight is 84.0 g/mol. The zero-order valence-corrected chi connectivity index (χ0v) is 2.15. The van der Waals surface area contributed by atoms with Gasteiger partial charge in [-0.2, -0.15) is 0 Å². The van der Waals surface area contributed by atoms with Crippen molar-refractivity contribution in [2.75, 3.05) is 6.61 Å². The van der Waals surface area contributed by atoms with E-state index in [1.54, 1.807) is 6.92 Å². The second-order valence-electron chi connectivity index (χ2n) is 0.316. The van der Waals surface area contributed by atoms with E-state index in [2.05, 4.69) is 0 Å². The second kappa shape index (κ2) is 19.5. The van der Waals surface area contributed by atoms with Gasteiger partial charge in [-0.05, 0) is 6.92 Å². The van der Waals surface area contributed by atoms with E-state index in [0.29, 0.717) is 0 Å². The van der Waals surface area contributed by atoms with Crippen LogP contribution in [0.5, 0.6) is 0 Å². The standard InChI is InChI=1S/C2H6O.Al.Li.4H/c1-2-3;;;;;;/h3H,2H2,1H3;;;;;;. The van der Waals surface area contributed by atoms with Crippen LogP contribution in [-0.4, -0.2) is 47.9 Å². The van der Waals surface area contributed by atoms with Crippen LogP contribution in [-0.2, 0) is 0 Å². The van der Waals surface area contributed by atoms with Gasteiger partial charge in [-0.3, -0.25) is 0 Å². The molecule has 0 aliphatic carbocycles. The summed E-state index contributed by atoms with van der Waals surface area (Å²) in [6.45, 7) is 1.93. The van der Waals surface area contributed by atoms with E-state index in [4.69, 9.17) is 5.11 Å². The van der Waals surface area contributed by atoms with E-state index < -0.39 is 0 Å². The molecule has 0 bridgehead atoms. The monoisotopic (exact) mass is 84.1 g/mol. The summed E-state index contributed by atoms with van der Waals surface area (Å²) in [5.41, 5.74) is 0. The molecular formula is C2H10AlLiO. The number of aliphatic hydroxyl groups is 1. The Balaban J connectivity index is -0.0000000200. The first kappa shape index (κ1) is 16.5. The Hall–Kier alpha value is 1.09. The van der Waals surface area contributed by atoms with E-state index >= 15 is 0 Å². The molecule has 5 heavy (non-hydrogen) atoms. The van der Waals surface area contributed by atoms with Crippen LogP contribution in [0.2, 0.25) is 0 Å². The molecule has 0 radical (unpaired) electrons. The fraction of sp³-hybridized carbons (Fsp3) is 1.00. The molecule has 0 amide bonds. The van der Waals surface area contributed by atoms with Crippen LogP contribution < -0.4 is 0 Å². The van der Waals surface area contributed by atoms with Crippen molar-refractivity contribution in [1.82, 2.24) is 0 Å². The molecule has 0 fully saturated rings. The van der Waals surface area contributed by atoms with Crippen molar-refractivity contribution in [2.45, 2.75) is 6.92 Å². The Bertz CT molecular complexity index is 9.61. The first-order valence-electron chi connectivity index (χ1n) is 1.02. The van der Waals surface area contributed by atoms with Crippen LogP contribution in [0.1, 0.15) is 6.92 Å². The zero-order chi connectivity index (χ0) is 2.71. The molecule has 0 unspecified atom stereocenters. The molecule has 0 saturated heterocycles.